The van der Waals surface area contributed by atoms with Gasteiger partial charge >= 0.3 is 24.0 Å². The predicted octanol–water partition coefficient (Wildman–Crippen LogP) is 3.41. The highest BCUT2D eigenvalue weighted by Gasteiger charge is 2.64. The Morgan fingerprint density at radius 1 is 1.00 bits per heavy atom. The summed E-state index contributed by atoms with van der Waals surface area (Å²) in [6.45, 7) is 1.85. The number of carbonyl (C=O) groups excluding carboxylic acids is 2. The van der Waals surface area contributed by atoms with E-state index in [9.17, 15) is 35.9 Å². The molecule has 7 nitrogen and oxygen atoms in total. The number of fused-ring (bicyclic) bond motifs is 1. The standard InChI is InChI=1S/C17H16F6N4O3/c1-3-11(28)26-15(17(21,22)23,14(29)30-4-2)27-13-12(16(18,19)20)24-9-7-5-6-8-10(9)25-13/h5-8H,3-4H2,1-2H3,(H,25,27)(H,26,28)/t15-/m1/s1. The van der Waals surface area contributed by atoms with Gasteiger partial charge in [-0.15, -0.1) is 0 Å². The van der Waals surface area contributed by atoms with Crippen molar-refractivity contribution in [3.63, 3.8) is 0 Å². The lowest BCUT2D eigenvalue weighted by atomic mass is 10.1. The number of nitrogens with one attached hydrogen (secondary N) is 2. The first-order chi connectivity index (χ1) is 13.9. The van der Waals surface area contributed by atoms with Gasteiger partial charge in [-0.25, -0.2) is 14.8 Å². The summed E-state index contributed by atoms with van der Waals surface area (Å²) < 4.78 is 86.8. The SMILES string of the molecule is CCOC(=O)[C@@](NC(=O)CC)(Nc1nc2ccccc2nc1C(F)(F)F)C(F)(F)F. The maximum absolute atomic E-state index is 14.0. The van der Waals surface area contributed by atoms with Gasteiger partial charge in [0.05, 0.1) is 17.6 Å². The molecule has 1 aromatic heterocycles. The van der Waals surface area contributed by atoms with Crippen molar-refractivity contribution in [2.45, 2.75) is 38.3 Å². The Bertz CT molecular complexity index is 947. The van der Waals surface area contributed by atoms with E-state index in [1.54, 1.807) is 0 Å². The van der Waals surface area contributed by atoms with Crippen molar-refractivity contribution >= 4 is 28.7 Å². The van der Waals surface area contributed by atoms with E-state index in [0.29, 0.717) is 0 Å². The molecule has 2 rings (SSSR count). The maximum Gasteiger partial charge on any atom is 0.441 e. The third-order valence-corrected chi connectivity index (χ3v) is 3.80. The lowest BCUT2D eigenvalue weighted by Gasteiger charge is -2.35. The molecule has 0 radical (unpaired) electrons. The van der Waals surface area contributed by atoms with Crippen LogP contribution in [-0.2, 0) is 20.5 Å². The molecule has 0 aliphatic heterocycles. The highest BCUT2D eigenvalue weighted by atomic mass is 19.4. The summed E-state index contributed by atoms with van der Waals surface area (Å²) in [5, 5.41) is 2.82. The molecule has 13 heteroatoms. The van der Waals surface area contributed by atoms with Crippen LogP contribution in [0.15, 0.2) is 24.3 Å². The van der Waals surface area contributed by atoms with Crippen LogP contribution >= 0.6 is 0 Å². The summed E-state index contributed by atoms with van der Waals surface area (Å²) in [4.78, 5) is 30.9. The minimum atomic E-state index is -5.60. The summed E-state index contributed by atoms with van der Waals surface area (Å²) in [5.74, 6) is -4.72. The fourth-order valence-electron chi connectivity index (χ4n) is 2.39. The van der Waals surface area contributed by atoms with Gasteiger partial charge in [-0.05, 0) is 19.1 Å². The number of para-hydroxylation sites is 2. The molecule has 2 N–H and O–H groups in total. The van der Waals surface area contributed by atoms with Gasteiger partial charge in [0.15, 0.2) is 11.5 Å². The second-order valence-corrected chi connectivity index (χ2v) is 5.90. The normalized spacial score (nSPS) is 14.1. The van der Waals surface area contributed by atoms with Gasteiger partial charge in [0.1, 0.15) is 0 Å². The number of benzene rings is 1. The van der Waals surface area contributed by atoms with Crippen LogP contribution in [0.1, 0.15) is 26.0 Å². The number of carbonyl (C=O) groups is 2. The number of hydrogen-bond acceptors (Lipinski definition) is 6. The van der Waals surface area contributed by atoms with Crippen molar-refractivity contribution in [2.24, 2.45) is 0 Å². The summed E-state index contributed by atoms with van der Waals surface area (Å²) in [6, 6.07) is 5.15. The Hall–Kier alpha value is -3.12. The molecule has 2 aromatic rings. The molecule has 164 valence electrons. The van der Waals surface area contributed by atoms with E-state index in [-0.39, 0.29) is 11.0 Å². The Morgan fingerprint density at radius 3 is 2.03 bits per heavy atom. The van der Waals surface area contributed by atoms with Crippen molar-refractivity contribution in [2.75, 3.05) is 11.9 Å². The van der Waals surface area contributed by atoms with Crippen molar-refractivity contribution in [1.82, 2.24) is 15.3 Å². The number of anilines is 1. The van der Waals surface area contributed by atoms with Gasteiger partial charge < -0.3 is 15.4 Å². The van der Waals surface area contributed by atoms with Crippen LogP contribution in [0.2, 0.25) is 0 Å². The average molecular weight is 438 g/mol. The lowest BCUT2D eigenvalue weighted by molar-refractivity contribution is -0.208. The molecule has 0 saturated carbocycles. The van der Waals surface area contributed by atoms with Gasteiger partial charge in [-0.2, -0.15) is 26.3 Å². The van der Waals surface area contributed by atoms with Crippen molar-refractivity contribution in [1.29, 1.82) is 0 Å². The zero-order chi connectivity index (χ0) is 22.7. The average Bonchev–Trinajstić information content (AvgIpc) is 2.65. The molecule has 0 saturated heterocycles. The number of esters is 1. The molecule has 0 bridgehead atoms. The Balaban J connectivity index is 2.76. The van der Waals surface area contributed by atoms with E-state index in [0.717, 1.165) is 0 Å². The Morgan fingerprint density at radius 2 is 1.57 bits per heavy atom. The number of ether oxygens (including phenoxy) is 1. The minimum Gasteiger partial charge on any atom is -0.463 e. The maximum atomic E-state index is 14.0. The number of nitrogens with zero attached hydrogens (tertiary/aromatic N) is 2. The number of rotatable bonds is 6. The third kappa shape index (κ3) is 4.54. The van der Waals surface area contributed by atoms with Crippen LogP contribution < -0.4 is 10.6 Å². The molecule has 0 fully saturated rings. The first-order valence-corrected chi connectivity index (χ1v) is 8.52. The molecule has 1 atom stereocenters. The second kappa shape index (κ2) is 8.32. The number of alkyl halides is 6. The zero-order valence-electron chi connectivity index (χ0n) is 15.6. The fourth-order valence-corrected chi connectivity index (χ4v) is 2.39. The summed E-state index contributed by atoms with van der Waals surface area (Å²) >= 11 is 0. The molecule has 0 spiro atoms. The molecule has 0 aliphatic carbocycles. The van der Waals surface area contributed by atoms with Crippen LogP contribution in [0.3, 0.4) is 0 Å². The van der Waals surface area contributed by atoms with E-state index in [4.69, 9.17) is 0 Å². The van der Waals surface area contributed by atoms with Gasteiger partial charge in [-0.1, -0.05) is 19.1 Å². The monoisotopic (exact) mass is 438 g/mol. The Kier molecular flexibility index (Phi) is 6.42. The minimum absolute atomic E-state index is 0.172. The summed E-state index contributed by atoms with van der Waals surface area (Å²) in [7, 11) is 0. The highest BCUT2D eigenvalue weighted by molar-refractivity contribution is 5.91. The van der Waals surface area contributed by atoms with Gasteiger partial charge in [0.25, 0.3) is 0 Å². The first-order valence-electron chi connectivity index (χ1n) is 8.52. The quantitative estimate of drug-likeness (QED) is 0.408. The smallest absolute Gasteiger partial charge is 0.441 e. The third-order valence-electron chi connectivity index (χ3n) is 3.80. The molecule has 0 aliphatic rings. The van der Waals surface area contributed by atoms with Crippen LogP contribution in [0, 0.1) is 0 Å². The van der Waals surface area contributed by atoms with Crippen LogP contribution in [0.4, 0.5) is 32.2 Å². The lowest BCUT2D eigenvalue weighted by Crippen LogP contribution is -2.69. The molecule has 30 heavy (non-hydrogen) atoms. The summed E-state index contributed by atoms with van der Waals surface area (Å²) in [6.07, 6.45) is -11.3. The van der Waals surface area contributed by atoms with Crippen molar-refractivity contribution in [3.8, 4) is 0 Å². The van der Waals surface area contributed by atoms with E-state index in [1.165, 1.54) is 48.7 Å². The molecular weight excluding hydrogens is 422 g/mol. The van der Waals surface area contributed by atoms with E-state index in [1.807, 2.05) is 0 Å². The highest BCUT2D eigenvalue weighted by Crippen LogP contribution is 2.38. The van der Waals surface area contributed by atoms with Gasteiger partial charge in [0.2, 0.25) is 5.91 Å². The molecular formula is C17H16F6N4O3. The Labute approximate surface area is 165 Å². The molecule has 1 aromatic carbocycles. The van der Waals surface area contributed by atoms with Crippen molar-refractivity contribution < 1.29 is 40.7 Å². The van der Waals surface area contributed by atoms with E-state index in [2.05, 4.69) is 14.7 Å². The van der Waals surface area contributed by atoms with Gasteiger partial charge in [-0.3, -0.25) is 4.79 Å². The fraction of sp³-hybridized carbons (Fsp3) is 0.412. The summed E-state index contributed by atoms with van der Waals surface area (Å²) in [5.41, 5.74) is -6.23. The molecule has 1 heterocycles. The number of amides is 1. The van der Waals surface area contributed by atoms with Gasteiger partial charge in [0, 0.05) is 6.42 Å². The first kappa shape index (κ1) is 23.2. The largest absolute Gasteiger partial charge is 0.463 e. The van der Waals surface area contributed by atoms with Crippen LogP contribution in [0.5, 0.6) is 0 Å². The van der Waals surface area contributed by atoms with E-state index >= 15 is 0 Å². The number of halogens is 6. The number of hydrogen-bond donors (Lipinski definition) is 2. The molecule has 0 unspecified atom stereocenters. The second-order valence-electron chi connectivity index (χ2n) is 5.90. The van der Waals surface area contributed by atoms with E-state index < -0.39 is 54.4 Å². The predicted molar refractivity (Wildman–Crippen MR) is 92.0 cm³/mol. The van der Waals surface area contributed by atoms with Crippen LogP contribution in [-0.4, -0.2) is 40.3 Å². The zero-order valence-corrected chi connectivity index (χ0v) is 15.6. The number of aromatic nitrogens is 2. The van der Waals surface area contributed by atoms with Crippen LogP contribution in [0.25, 0.3) is 11.0 Å². The van der Waals surface area contributed by atoms with Crippen molar-refractivity contribution in [3.05, 3.63) is 30.0 Å². The topological polar surface area (TPSA) is 93.2 Å². The molecule has 1 amide bonds.